The van der Waals surface area contributed by atoms with Crippen LogP contribution in [0.3, 0.4) is 0 Å². The largest absolute Gasteiger partial charge is 0.493 e. The molecule has 4 heteroatoms. The van der Waals surface area contributed by atoms with E-state index < -0.39 is 0 Å². The molecule has 0 unspecified atom stereocenters. The lowest BCUT2D eigenvalue weighted by Gasteiger charge is -2.15. The molecule has 1 N–H and O–H groups in total. The van der Waals surface area contributed by atoms with Gasteiger partial charge in [0.25, 0.3) is 0 Å². The highest BCUT2D eigenvalue weighted by atomic mass is 16.5. The van der Waals surface area contributed by atoms with E-state index in [-0.39, 0.29) is 0 Å². The van der Waals surface area contributed by atoms with Crippen LogP contribution in [-0.2, 0) is 0 Å². The molecule has 0 aromatic heterocycles. The Morgan fingerprint density at radius 1 is 0.788 bits per heavy atom. The van der Waals surface area contributed by atoms with Crippen LogP contribution in [0.5, 0.6) is 17.2 Å². The number of nitrogens with one attached hydrogen (secondary N) is 1. The van der Waals surface area contributed by atoms with E-state index >= 15 is 0 Å². The van der Waals surface area contributed by atoms with E-state index in [4.69, 9.17) is 14.2 Å². The van der Waals surface area contributed by atoms with Crippen LogP contribution in [0.1, 0.15) is 92.4 Å². The van der Waals surface area contributed by atoms with Crippen LogP contribution in [-0.4, -0.2) is 27.9 Å². The highest BCUT2D eigenvalue weighted by molar-refractivity contribution is 5.62. The van der Waals surface area contributed by atoms with E-state index in [2.05, 4.69) is 46.0 Å². The van der Waals surface area contributed by atoms with Gasteiger partial charge < -0.3 is 19.5 Å². The van der Waals surface area contributed by atoms with Crippen molar-refractivity contribution < 1.29 is 14.2 Å². The molecule has 0 amide bonds. The third-order valence-corrected chi connectivity index (χ3v) is 6.56. The predicted molar refractivity (Wildman–Crippen MR) is 143 cm³/mol. The second-order valence-corrected chi connectivity index (χ2v) is 10.2. The number of rotatable bonds is 18. The lowest BCUT2D eigenvalue weighted by Crippen LogP contribution is -2.02. The molecular formula is C29H51NO3. The number of anilines is 1. The minimum atomic E-state index is 0.618. The smallest absolute Gasteiger partial charge is 0.203 e. The number of hydrogen-bond acceptors (Lipinski definition) is 4. The highest BCUT2D eigenvalue weighted by Crippen LogP contribution is 2.39. The summed E-state index contributed by atoms with van der Waals surface area (Å²) >= 11 is 0. The van der Waals surface area contributed by atoms with E-state index in [1.807, 2.05) is 12.1 Å². The number of allylic oxidation sites excluding steroid dienone is 1. The van der Waals surface area contributed by atoms with Gasteiger partial charge in [0.05, 0.1) is 21.3 Å². The van der Waals surface area contributed by atoms with Gasteiger partial charge in [0.15, 0.2) is 11.5 Å². The quantitative estimate of drug-likeness (QED) is 0.222. The second-order valence-electron chi connectivity index (χ2n) is 10.2. The van der Waals surface area contributed by atoms with Crippen LogP contribution in [0.2, 0.25) is 0 Å². The van der Waals surface area contributed by atoms with Gasteiger partial charge in [-0.05, 0) is 37.5 Å². The average Bonchev–Trinajstić information content (AvgIpc) is 2.78. The maximum absolute atomic E-state index is 5.43. The van der Waals surface area contributed by atoms with E-state index in [0.717, 1.165) is 30.0 Å². The Bertz CT molecular complexity index is 658. The highest BCUT2D eigenvalue weighted by Gasteiger charge is 2.12. The molecule has 0 aliphatic heterocycles. The maximum atomic E-state index is 5.43. The Labute approximate surface area is 204 Å². The van der Waals surface area contributed by atoms with Crippen molar-refractivity contribution >= 4 is 5.69 Å². The van der Waals surface area contributed by atoms with E-state index in [1.165, 1.54) is 63.4 Å². The molecule has 0 saturated heterocycles. The van der Waals surface area contributed by atoms with Crippen LogP contribution in [0.15, 0.2) is 23.8 Å². The van der Waals surface area contributed by atoms with E-state index in [0.29, 0.717) is 17.2 Å². The SMILES string of the molecule is COc1cc(NC/C=C(\C)CCC[C@H](C)CCC[C@H](C)CCCC(C)C)cc(OC)c1OC. The fraction of sp³-hybridized carbons (Fsp3) is 0.724. The molecule has 1 aromatic rings. The summed E-state index contributed by atoms with van der Waals surface area (Å²) in [5.41, 5.74) is 2.40. The van der Waals surface area contributed by atoms with Crippen molar-refractivity contribution in [2.75, 3.05) is 33.2 Å². The van der Waals surface area contributed by atoms with Gasteiger partial charge in [0.2, 0.25) is 5.75 Å². The summed E-state index contributed by atoms with van der Waals surface area (Å²) in [5.74, 6) is 4.52. The molecule has 1 rings (SSSR count). The summed E-state index contributed by atoms with van der Waals surface area (Å²) < 4.78 is 16.2. The summed E-state index contributed by atoms with van der Waals surface area (Å²) in [6.07, 6.45) is 14.4. The van der Waals surface area contributed by atoms with Crippen LogP contribution in [0.4, 0.5) is 5.69 Å². The summed E-state index contributed by atoms with van der Waals surface area (Å²) in [7, 11) is 4.90. The van der Waals surface area contributed by atoms with Gasteiger partial charge in [-0.25, -0.2) is 0 Å². The van der Waals surface area contributed by atoms with Crippen molar-refractivity contribution in [3.05, 3.63) is 23.8 Å². The Kier molecular flexibility index (Phi) is 14.8. The molecular weight excluding hydrogens is 410 g/mol. The van der Waals surface area contributed by atoms with Gasteiger partial charge in [0.1, 0.15) is 0 Å². The number of ether oxygens (including phenoxy) is 3. The molecule has 1 aromatic carbocycles. The molecule has 0 aliphatic carbocycles. The minimum absolute atomic E-state index is 0.618. The lowest BCUT2D eigenvalue weighted by atomic mass is 9.91. The van der Waals surface area contributed by atoms with Crippen molar-refractivity contribution in [3.63, 3.8) is 0 Å². The van der Waals surface area contributed by atoms with Gasteiger partial charge in [-0.2, -0.15) is 0 Å². The first kappa shape index (κ1) is 29.2. The van der Waals surface area contributed by atoms with Crippen LogP contribution >= 0.6 is 0 Å². The van der Waals surface area contributed by atoms with E-state index in [1.54, 1.807) is 21.3 Å². The zero-order valence-corrected chi connectivity index (χ0v) is 22.8. The summed E-state index contributed by atoms with van der Waals surface area (Å²) in [6, 6.07) is 3.88. The molecule has 0 spiro atoms. The van der Waals surface area contributed by atoms with Crippen LogP contribution in [0, 0.1) is 17.8 Å². The van der Waals surface area contributed by atoms with Crippen molar-refractivity contribution in [1.82, 2.24) is 0 Å². The maximum Gasteiger partial charge on any atom is 0.203 e. The summed E-state index contributed by atoms with van der Waals surface area (Å²) in [6.45, 7) is 12.5. The van der Waals surface area contributed by atoms with E-state index in [9.17, 15) is 0 Å². The predicted octanol–water partition coefficient (Wildman–Crippen LogP) is 8.51. The van der Waals surface area contributed by atoms with Gasteiger partial charge >= 0.3 is 0 Å². The molecule has 0 saturated carbocycles. The number of methoxy groups -OCH3 is 3. The zero-order chi connectivity index (χ0) is 24.6. The fourth-order valence-corrected chi connectivity index (χ4v) is 4.34. The normalized spacial score (nSPS) is 13.7. The second kappa shape index (κ2) is 16.7. The van der Waals surface area contributed by atoms with Crippen molar-refractivity contribution in [3.8, 4) is 17.2 Å². The first-order valence-corrected chi connectivity index (χ1v) is 13.0. The minimum Gasteiger partial charge on any atom is -0.493 e. The van der Waals surface area contributed by atoms with Gasteiger partial charge in [0, 0.05) is 24.4 Å². The molecule has 0 aliphatic rings. The van der Waals surface area contributed by atoms with Crippen molar-refractivity contribution in [2.24, 2.45) is 17.8 Å². The molecule has 4 nitrogen and oxygen atoms in total. The van der Waals surface area contributed by atoms with Crippen LogP contribution < -0.4 is 19.5 Å². The Morgan fingerprint density at radius 3 is 1.79 bits per heavy atom. The topological polar surface area (TPSA) is 39.7 Å². The standard InChI is InChI=1S/C29H51NO3/c1-22(2)12-9-13-23(3)14-10-15-24(4)16-11-17-25(5)18-19-30-26-20-27(31-6)29(33-8)28(21-26)32-7/h18,20-24,30H,9-17,19H2,1-8H3/b25-18+/t23-,24-/m1/s1. The fourth-order valence-electron chi connectivity index (χ4n) is 4.34. The Hall–Kier alpha value is -1.84. The number of hydrogen-bond donors (Lipinski definition) is 1. The van der Waals surface area contributed by atoms with Crippen molar-refractivity contribution in [1.29, 1.82) is 0 Å². The molecule has 0 radical (unpaired) electrons. The monoisotopic (exact) mass is 461 g/mol. The Morgan fingerprint density at radius 2 is 1.30 bits per heavy atom. The summed E-state index contributed by atoms with van der Waals surface area (Å²) in [5, 5.41) is 3.44. The molecule has 33 heavy (non-hydrogen) atoms. The first-order chi connectivity index (χ1) is 15.8. The molecule has 190 valence electrons. The third kappa shape index (κ3) is 12.3. The molecule has 2 atom stereocenters. The Balaban J connectivity index is 2.28. The van der Waals surface area contributed by atoms with Gasteiger partial charge in [-0.1, -0.05) is 84.3 Å². The first-order valence-electron chi connectivity index (χ1n) is 13.0. The molecule has 0 heterocycles. The molecule has 0 bridgehead atoms. The molecule has 0 fully saturated rings. The van der Waals surface area contributed by atoms with Crippen LogP contribution in [0.25, 0.3) is 0 Å². The van der Waals surface area contributed by atoms with Gasteiger partial charge in [-0.15, -0.1) is 0 Å². The lowest BCUT2D eigenvalue weighted by molar-refractivity contribution is 0.324. The summed E-state index contributed by atoms with van der Waals surface area (Å²) in [4.78, 5) is 0. The third-order valence-electron chi connectivity index (χ3n) is 6.56. The number of benzene rings is 1. The average molecular weight is 462 g/mol. The zero-order valence-electron chi connectivity index (χ0n) is 22.8. The van der Waals surface area contributed by atoms with Gasteiger partial charge in [-0.3, -0.25) is 0 Å². The van der Waals surface area contributed by atoms with Crippen molar-refractivity contribution in [2.45, 2.75) is 92.4 Å².